The van der Waals surface area contributed by atoms with Gasteiger partial charge in [-0.15, -0.1) is 0 Å². The average molecular weight is 370 g/mol. The van der Waals surface area contributed by atoms with Crippen LogP contribution in [0.1, 0.15) is 76.0 Å². The van der Waals surface area contributed by atoms with Gasteiger partial charge in [0, 0.05) is 11.1 Å². The lowest BCUT2D eigenvalue weighted by Gasteiger charge is -2.36. The zero-order valence-electron chi connectivity index (χ0n) is 16.8. The van der Waals surface area contributed by atoms with E-state index in [0.717, 1.165) is 73.8 Å². The van der Waals surface area contributed by atoms with E-state index in [2.05, 4.69) is 19.9 Å². The molecule has 2 aliphatic rings. The second-order valence-electron chi connectivity index (χ2n) is 7.62. The molecule has 4 nitrogen and oxygen atoms in total. The Bertz CT molecular complexity index is 750. The molecular weight excluding hydrogens is 338 g/mol. The van der Waals surface area contributed by atoms with Gasteiger partial charge in [0.05, 0.1) is 19.7 Å². The van der Waals surface area contributed by atoms with Crippen LogP contribution < -0.4 is 4.74 Å². The summed E-state index contributed by atoms with van der Waals surface area (Å²) in [7, 11) is 1.69. The lowest BCUT2D eigenvalue weighted by Crippen LogP contribution is -2.44. The van der Waals surface area contributed by atoms with Gasteiger partial charge < -0.3 is 9.64 Å². The third-order valence-electron chi connectivity index (χ3n) is 5.86. The summed E-state index contributed by atoms with van der Waals surface area (Å²) in [4.78, 5) is 27.9. The van der Waals surface area contributed by atoms with Crippen molar-refractivity contribution in [1.82, 2.24) is 4.90 Å². The quantitative estimate of drug-likeness (QED) is 0.725. The molecule has 0 bridgehead atoms. The van der Waals surface area contributed by atoms with E-state index in [4.69, 9.17) is 4.74 Å². The highest BCUT2D eigenvalue weighted by atomic mass is 16.5. The minimum Gasteiger partial charge on any atom is -0.496 e. The highest BCUT2D eigenvalue weighted by molar-refractivity contribution is 6.11. The van der Waals surface area contributed by atoms with Crippen LogP contribution >= 0.6 is 0 Å². The van der Waals surface area contributed by atoms with Crippen molar-refractivity contribution in [3.63, 3.8) is 0 Å². The molecule has 0 spiro atoms. The van der Waals surface area contributed by atoms with Gasteiger partial charge in [-0.3, -0.25) is 9.59 Å². The highest BCUT2D eigenvalue weighted by Gasteiger charge is 2.36. The van der Waals surface area contributed by atoms with E-state index in [-0.39, 0.29) is 24.3 Å². The number of amides is 1. The molecule has 146 valence electrons. The Kier molecular flexibility index (Phi) is 6.35. The molecule has 1 atom stereocenters. The number of Topliss-reactive ketones (excluding diaryl/α,β-unsaturated/α-hetero) is 1. The van der Waals surface area contributed by atoms with E-state index in [9.17, 15) is 9.59 Å². The number of carbonyl (C=O) groups excluding carboxylic acids is 2. The van der Waals surface area contributed by atoms with Crippen LogP contribution in [0, 0.1) is 0 Å². The van der Waals surface area contributed by atoms with Crippen LogP contribution in [-0.4, -0.2) is 30.2 Å². The van der Waals surface area contributed by atoms with Crippen LogP contribution in [0.3, 0.4) is 0 Å². The number of methoxy groups -OCH3 is 1. The molecule has 1 aliphatic heterocycles. The number of benzene rings is 1. The molecule has 27 heavy (non-hydrogen) atoms. The Hall–Kier alpha value is -2.10. The van der Waals surface area contributed by atoms with Gasteiger partial charge in [-0.05, 0) is 55.7 Å². The minimum atomic E-state index is -0.0692. The molecule has 3 rings (SSSR count). The minimum absolute atomic E-state index is 0.0692. The normalized spacial score (nSPS) is 19.0. The third kappa shape index (κ3) is 3.95. The van der Waals surface area contributed by atoms with Crippen LogP contribution in [0.25, 0.3) is 0 Å². The number of ether oxygens (including phenoxy) is 1. The lowest BCUT2D eigenvalue weighted by molar-refractivity contribution is -0.136. The van der Waals surface area contributed by atoms with Crippen LogP contribution in [-0.2, 0) is 16.0 Å². The number of hydrogen-bond donors (Lipinski definition) is 0. The van der Waals surface area contributed by atoms with Crippen molar-refractivity contribution in [3.8, 4) is 5.75 Å². The van der Waals surface area contributed by atoms with Gasteiger partial charge in [0.2, 0.25) is 0 Å². The first-order valence-electron chi connectivity index (χ1n) is 10.3. The van der Waals surface area contributed by atoms with E-state index in [1.54, 1.807) is 7.11 Å². The van der Waals surface area contributed by atoms with E-state index in [1.165, 1.54) is 5.56 Å². The first-order valence-corrected chi connectivity index (χ1v) is 10.3. The molecular formula is C23H31NO3. The molecule has 1 amide bonds. The first kappa shape index (κ1) is 19.7. The monoisotopic (exact) mass is 369 g/mol. The molecule has 0 fully saturated rings. The number of aryl methyl sites for hydroxylation is 1. The van der Waals surface area contributed by atoms with Crippen LogP contribution in [0.4, 0.5) is 0 Å². The average Bonchev–Trinajstić information content (AvgIpc) is 2.93. The summed E-state index contributed by atoms with van der Waals surface area (Å²) < 4.78 is 5.49. The Labute approximate surface area is 162 Å². The largest absolute Gasteiger partial charge is 0.496 e. The fourth-order valence-electron chi connectivity index (χ4n) is 4.48. The smallest absolute Gasteiger partial charge is 0.251 e. The SMILES string of the molecule is CCCc1cc(C(CC)N2CC(=O)C3=C(CCCCC3)C2=O)ccc1OC. The van der Waals surface area contributed by atoms with Crippen molar-refractivity contribution in [2.75, 3.05) is 13.7 Å². The maximum absolute atomic E-state index is 13.3. The second-order valence-corrected chi connectivity index (χ2v) is 7.62. The van der Waals surface area contributed by atoms with Gasteiger partial charge in [-0.25, -0.2) is 0 Å². The van der Waals surface area contributed by atoms with Gasteiger partial charge in [0.15, 0.2) is 5.78 Å². The summed E-state index contributed by atoms with van der Waals surface area (Å²) in [5.74, 6) is 1.11. The molecule has 1 aliphatic carbocycles. The lowest BCUT2D eigenvalue weighted by atomic mass is 9.90. The first-order chi connectivity index (χ1) is 13.1. The standard InChI is InChI=1S/C23H31NO3/c1-4-9-17-14-16(12-13-22(17)27-3)20(5-2)24-15-21(25)18-10-7-6-8-11-19(18)23(24)26/h12-14,20H,4-11,15H2,1-3H3. The van der Waals surface area contributed by atoms with Crippen molar-refractivity contribution >= 4 is 11.7 Å². The molecule has 1 unspecified atom stereocenters. The second kappa shape index (κ2) is 8.73. The van der Waals surface area contributed by atoms with E-state index >= 15 is 0 Å². The topological polar surface area (TPSA) is 46.6 Å². The predicted molar refractivity (Wildman–Crippen MR) is 107 cm³/mol. The summed E-state index contributed by atoms with van der Waals surface area (Å²) in [6, 6.07) is 6.13. The fourth-order valence-corrected chi connectivity index (χ4v) is 4.48. The molecule has 1 heterocycles. The van der Waals surface area contributed by atoms with Crippen LogP contribution in [0.2, 0.25) is 0 Å². The number of hydrogen-bond acceptors (Lipinski definition) is 3. The van der Waals surface area contributed by atoms with Crippen molar-refractivity contribution in [3.05, 3.63) is 40.5 Å². The molecule has 0 saturated heterocycles. The van der Waals surface area contributed by atoms with Crippen molar-refractivity contribution in [1.29, 1.82) is 0 Å². The predicted octanol–water partition coefficient (Wildman–Crippen LogP) is 4.77. The fraction of sp³-hybridized carbons (Fsp3) is 0.565. The number of nitrogens with zero attached hydrogens (tertiary/aromatic N) is 1. The summed E-state index contributed by atoms with van der Waals surface area (Å²) in [5, 5.41) is 0. The Morgan fingerprint density at radius 2 is 1.81 bits per heavy atom. The third-order valence-corrected chi connectivity index (χ3v) is 5.86. The van der Waals surface area contributed by atoms with E-state index in [0.29, 0.717) is 0 Å². The van der Waals surface area contributed by atoms with Gasteiger partial charge >= 0.3 is 0 Å². The molecule has 0 saturated carbocycles. The van der Waals surface area contributed by atoms with Crippen LogP contribution in [0.15, 0.2) is 29.3 Å². The zero-order chi connectivity index (χ0) is 19.4. The number of rotatable bonds is 6. The van der Waals surface area contributed by atoms with Crippen molar-refractivity contribution in [2.24, 2.45) is 0 Å². The zero-order valence-corrected chi connectivity index (χ0v) is 16.8. The van der Waals surface area contributed by atoms with E-state index in [1.807, 2.05) is 17.0 Å². The highest BCUT2D eigenvalue weighted by Crippen LogP contribution is 2.35. The molecule has 0 N–H and O–H groups in total. The van der Waals surface area contributed by atoms with Gasteiger partial charge in [-0.2, -0.15) is 0 Å². The molecule has 4 heteroatoms. The summed E-state index contributed by atoms with van der Waals surface area (Å²) in [5.41, 5.74) is 3.86. The van der Waals surface area contributed by atoms with Crippen molar-refractivity contribution < 1.29 is 14.3 Å². The Balaban J connectivity index is 1.94. The van der Waals surface area contributed by atoms with Crippen molar-refractivity contribution in [2.45, 2.75) is 71.3 Å². The molecule has 1 aromatic rings. The van der Waals surface area contributed by atoms with E-state index < -0.39 is 0 Å². The summed E-state index contributed by atoms with van der Waals surface area (Å²) in [6.07, 6.45) is 7.41. The summed E-state index contributed by atoms with van der Waals surface area (Å²) >= 11 is 0. The molecule has 1 aromatic carbocycles. The summed E-state index contributed by atoms with van der Waals surface area (Å²) in [6.45, 7) is 4.45. The molecule has 0 aromatic heterocycles. The number of ketones is 1. The van der Waals surface area contributed by atoms with Crippen LogP contribution in [0.5, 0.6) is 5.75 Å². The maximum Gasteiger partial charge on any atom is 0.251 e. The Morgan fingerprint density at radius 3 is 2.48 bits per heavy atom. The van der Waals surface area contributed by atoms with Gasteiger partial charge in [0.1, 0.15) is 5.75 Å². The molecule has 0 radical (unpaired) electrons. The van der Waals surface area contributed by atoms with Gasteiger partial charge in [0.25, 0.3) is 5.91 Å². The Morgan fingerprint density at radius 1 is 1.07 bits per heavy atom. The number of carbonyl (C=O) groups is 2. The maximum atomic E-state index is 13.3. The van der Waals surface area contributed by atoms with Gasteiger partial charge in [-0.1, -0.05) is 38.8 Å².